The summed E-state index contributed by atoms with van der Waals surface area (Å²) in [4.78, 5) is 16.5. The molecule has 3 rings (SSSR count). The first-order chi connectivity index (χ1) is 13.7. The molecule has 0 fully saturated rings. The molecule has 1 aliphatic rings. The summed E-state index contributed by atoms with van der Waals surface area (Å²) in [5.74, 6) is -1.93. The van der Waals surface area contributed by atoms with E-state index < -0.39 is 23.9 Å². The van der Waals surface area contributed by atoms with Crippen molar-refractivity contribution in [1.82, 2.24) is 4.98 Å². The first kappa shape index (κ1) is 21.1. The Bertz CT molecular complexity index is 970. The minimum absolute atomic E-state index is 0.00725. The fraction of sp³-hybridized carbons (Fsp3) is 0.429. The van der Waals surface area contributed by atoms with E-state index >= 15 is 0 Å². The number of hydrogen-bond donors (Lipinski definition) is 2. The van der Waals surface area contributed by atoms with E-state index in [1.165, 1.54) is 7.11 Å². The van der Waals surface area contributed by atoms with Gasteiger partial charge in [0, 0.05) is 16.9 Å². The number of ether oxygens (including phenoxy) is 1. The third kappa shape index (κ3) is 4.22. The molecule has 3 N–H and O–H groups in total. The van der Waals surface area contributed by atoms with Crippen molar-refractivity contribution in [2.75, 3.05) is 13.7 Å². The largest absolute Gasteiger partial charge is 0.497 e. The molecule has 0 bridgehead atoms. The Kier molecular flexibility index (Phi) is 5.84. The summed E-state index contributed by atoms with van der Waals surface area (Å²) in [6.07, 6.45) is -2.42. The molecular weight excluding hydrogens is 385 g/mol. The van der Waals surface area contributed by atoms with E-state index in [-0.39, 0.29) is 31.4 Å². The van der Waals surface area contributed by atoms with Crippen molar-refractivity contribution in [2.45, 2.75) is 38.3 Å². The molecule has 1 amide bonds. The third-order valence-corrected chi connectivity index (χ3v) is 5.38. The van der Waals surface area contributed by atoms with Crippen LogP contribution in [0.2, 0.25) is 0 Å². The number of aliphatic hydroxyl groups is 1. The summed E-state index contributed by atoms with van der Waals surface area (Å²) in [6, 6.07) is 5.04. The maximum absolute atomic E-state index is 13.0. The molecule has 0 saturated heterocycles. The number of primary amides is 1. The Labute approximate surface area is 166 Å². The van der Waals surface area contributed by atoms with E-state index in [2.05, 4.69) is 4.98 Å². The Morgan fingerprint density at radius 2 is 2.10 bits per heavy atom. The molecule has 5 nitrogen and oxygen atoms in total. The van der Waals surface area contributed by atoms with Gasteiger partial charge in [0.2, 0.25) is 0 Å². The van der Waals surface area contributed by atoms with Crippen molar-refractivity contribution >= 4 is 22.4 Å². The van der Waals surface area contributed by atoms with Crippen LogP contribution in [-0.2, 0) is 0 Å². The summed E-state index contributed by atoms with van der Waals surface area (Å²) >= 11 is 0. The molecule has 1 heterocycles. The molecule has 1 aliphatic carbocycles. The van der Waals surface area contributed by atoms with Gasteiger partial charge < -0.3 is 15.6 Å². The number of halogens is 3. The lowest BCUT2D eigenvalue weighted by atomic mass is 9.85. The number of hydrogen-bond acceptors (Lipinski definition) is 4. The Morgan fingerprint density at radius 1 is 1.38 bits per heavy atom. The molecular formula is C21H23F3N2O3. The first-order valence-electron chi connectivity index (χ1n) is 9.35. The van der Waals surface area contributed by atoms with E-state index in [1.54, 1.807) is 31.2 Å². The minimum Gasteiger partial charge on any atom is -0.497 e. The molecule has 0 radical (unpaired) electrons. The highest BCUT2D eigenvalue weighted by atomic mass is 19.4. The van der Waals surface area contributed by atoms with Crippen molar-refractivity contribution < 1.29 is 27.8 Å². The predicted molar refractivity (Wildman–Crippen MR) is 104 cm³/mol. The van der Waals surface area contributed by atoms with Crippen molar-refractivity contribution in [2.24, 2.45) is 11.7 Å². The standard InChI is InChI=1S/C21H23F3N2O3/c1-11(10-27)18-17(20(25)28)8-13-7-15(29-2)9-16(19(13)26-18)12-3-5-14(6-4-12)21(22,23)24/h3,7-9,11,14,27H,4-6,10H2,1-2H3,(H2,25,28)/t11-,14?/m0/s1. The first-order valence-corrected chi connectivity index (χ1v) is 9.35. The average molecular weight is 408 g/mol. The van der Waals surface area contributed by atoms with Gasteiger partial charge in [0.25, 0.3) is 5.91 Å². The third-order valence-electron chi connectivity index (χ3n) is 5.38. The highest BCUT2D eigenvalue weighted by Crippen LogP contribution is 2.41. The number of aliphatic hydroxyl groups excluding tert-OH is 1. The van der Waals surface area contributed by atoms with Gasteiger partial charge in [0.1, 0.15) is 5.75 Å². The Morgan fingerprint density at radius 3 is 2.62 bits per heavy atom. The molecule has 2 atom stereocenters. The lowest BCUT2D eigenvalue weighted by Crippen LogP contribution is -2.24. The molecule has 2 aromatic rings. The summed E-state index contributed by atoms with van der Waals surface area (Å²) in [5, 5.41) is 10.1. The van der Waals surface area contributed by atoms with Crippen LogP contribution in [0.3, 0.4) is 0 Å². The molecule has 29 heavy (non-hydrogen) atoms. The number of alkyl halides is 3. The van der Waals surface area contributed by atoms with Crippen LogP contribution in [0.1, 0.15) is 53.7 Å². The normalized spacial score (nSPS) is 18.4. The van der Waals surface area contributed by atoms with Crippen LogP contribution in [0.5, 0.6) is 5.75 Å². The average Bonchev–Trinajstić information content (AvgIpc) is 2.70. The van der Waals surface area contributed by atoms with Crippen molar-refractivity contribution in [3.8, 4) is 5.75 Å². The topological polar surface area (TPSA) is 85.4 Å². The minimum atomic E-state index is -4.21. The zero-order chi connectivity index (χ0) is 21.3. The number of benzene rings is 1. The SMILES string of the molecule is COc1cc(C2=CCC(C(F)(F)F)CC2)c2nc([C@@H](C)CO)c(C(N)=O)cc2c1. The lowest BCUT2D eigenvalue weighted by molar-refractivity contribution is -0.175. The Balaban J connectivity index is 2.18. The summed E-state index contributed by atoms with van der Waals surface area (Å²) in [5.41, 5.74) is 8.04. The van der Waals surface area contributed by atoms with Crippen LogP contribution in [-0.4, -0.2) is 35.9 Å². The maximum atomic E-state index is 13.0. The molecule has 0 spiro atoms. The molecule has 0 saturated carbocycles. The molecule has 0 aliphatic heterocycles. The fourth-order valence-corrected chi connectivity index (χ4v) is 3.67. The second-order valence-corrected chi connectivity index (χ2v) is 7.36. The quantitative estimate of drug-likeness (QED) is 0.777. The van der Waals surface area contributed by atoms with Gasteiger partial charge in [-0.25, -0.2) is 0 Å². The number of allylic oxidation sites excluding steroid dienone is 2. The van der Waals surface area contributed by atoms with Crippen LogP contribution in [0.15, 0.2) is 24.3 Å². The van der Waals surface area contributed by atoms with Gasteiger partial charge >= 0.3 is 6.18 Å². The Hall–Kier alpha value is -2.61. The molecule has 1 unspecified atom stereocenters. The van der Waals surface area contributed by atoms with Gasteiger partial charge in [-0.1, -0.05) is 13.0 Å². The number of carbonyl (C=O) groups is 1. The van der Waals surface area contributed by atoms with Crippen LogP contribution >= 0.6 is 0 Å². The van der Waals surface area contributed by atoms with Crippen LogP contribution in [0.25, 0.3) is 16.5 Å². The smallest absolute Gasteiger partial charge is 0.392 e. The zero-order valence-corrected chi connectivity index (χ0v) is 16.2. The van der Waals surface area contributed by atoms with E-state index in [0.29, 0.717) is 27.9 Å². The summed E-state index contributed by atoms with van der Waals surface area (Å²) in [7, 11) is 1.49. The fourth-order valence-electron chi connectivity index (χ4n) is 3.67. The van der Waals surface area contributed by atoms with Crippen LogP contribution in [0.4, 0.5) is 13.2 Å². The van der Waals surface area contributed by atoms with Gasteiger partial charge in [-0.05, 0) is 43.0 Å². The van der Waals surface area contributed by atoms with Gasteiger partial charge in [-0.2, -0.15) is 13.2 Å². The van der Waals surface area contributed by atoms with Gasteiger partial charge in [-0.15, -0.1) is 0 Å². The van der Waals surface area contributed by atoms with E-state index in [1.807, 2.05) is 0 Å². The number of nitrogens with zero attached hydrogens (tertiary/aromatic N) is 1. The number of carbonyl (C=O) groups excluding carboxylic acids is 1. The zero-order valence-electron chi connectivity index (χ0n) is 16.2. The van der Waals surface area contributed by atoms with Crippen LogP contribution in [0, 0.1) is 5.92 Å². The number of nitrogens with two attached hydrogens (primary N) is 1. The summed E-state index contributed by atoms with van der Waals surface area (Å²) in [6.45, 7) is 1.50. The molecule has 8 heteroatoms. The van der Waals surface area contributed by atoms with Crippen molar-refractivity contribution in [3.63, 3.8) is 0 Å². The molecule has 1 aromatic heterocycles. The highest BCUT2D eigenvalue weighted by Gasteiger charge is 2.39. The highest BCUT2D eigenvalue weighted by molar-refractivity contribution is 6.00. The summed E-state index contributed by atoms with van der Waals surface area (Å²) < 4.78 is 44.4. The number of pyridine rings is 1. The van der Waals surface area contributed by atoms with Crippen molar-refractivity contribution in [3.05, 3.63) is 41.1 Å². The lowest BCUT2D eigenvalue weighted by Gasteiger charge is -2.25. The maximum Gasteiger partial charge on any atom is 0.392 e. The number of rotatable bonds is 5. The number of fused-ring (bicyclic) bond motifs is 1. The number of aromatic nitrogens is 1. The predicted octanol–water partition coefficient (Wildman–Crippen LogP) is 4.18. The van der Waals surface area contributed by atoms with E-state index in [0.717, 1.165) is 5.57 Å². The van der Waals surface area contributed by atoms with Crippen molar-refractivity contribution in [1.29, 1.82) is 0 Å². The van der Waals surface area contributed by atoms with Gasteiger partial charge in [0.15, 0.2) is 0 Å². The number of methoxy groups -OCH3 is 1. The number of amides is 1. The van der Waals surface area contributed by atoms with Crippen LogP contribution < -0.4 is 10.5 Å². The monoisotopic (exact) mass is 408 g/mol. The van der Waals surface area contributed by atoms with E-state index in [4.69, 9.17) is 10.5 Å². The molecule has 156 valence electrons. The second kappa shape index (κ2) is 8.02. The second-order valence-electron chi connectivity index (χ2n) is 7.36. The van der Waals surface area contributed by atoms with Gasteiger partial charge in [0.05, 0.1) is 36.4 Å². The van der Waals surface area contributed by atoms with E-state index in [9.17, 15) is 23.1 Å². The van der Waals surface area contributed by atoms with Gasteiger partial charge in [-0.3, -0.25) is 9.78 Å². The molecule has 1 aromatic carbocycles.